The molecule has 0 aliphatic heterocycles. The van der Waals surface area contributed by atoms with Crippen molar-refractivity contribution >= 4 is 25.8 Å². The predicted molar refractivity (Wildman–Crippen MR) is 61.3 cm³/mol. The van der Waals surface area contributed by atoms with Crippen molar-refractivity contribution in [1.82, 2.24) is 0 Å². The Balaban J connectivity index is 3.46. The zero-order valence-electron chi connectivity index (χ0n) is 8.41. The van der Waals surface area contributed by atoms with E-state index in [0.29, 0.717) is 4.90 Å². The monoisotopic (exact) mass is 276 g/mol. The van der Waals surface area contributed by atoms with E-state index in [1.807, 2.05) is 26.0 Å². The van der Waals surface area contributed by atoms with Crippen molar-refractivity contribution < 1.29 is 8.42 Å². The summed E-state index contributed by atoms with van der Waals surface area (Å²) in [7, 11) is -3.13. The molecule has 1 rings (SSSR count). The Hall–Kier alpha value is -0.350. The van der Waals surface area contributed by atoms with Gasteiger partial charge in [0.05, 0.1) is 4.90 Å². The quantitative estimate of drug-likeness (QED) is 0.832. The van der Waals surface area contributed by atoms with E-state index in [9.17, 15) is 8.42 Å². The van der Waals surface area contributed by atoms with Gasteiger partial charge in [0, 0.05) is 10.7 Å². The first-order valence-electron chi connectivity index (χ1n) is 4.32. The van der Waals surface area contributed by atoms with Gasteiger partial charge in [-0.2, -0.15) is 0 Å². The lowest BCUT2D eigenvalue weighted by atomic mass is 10.0. The molecule has 0 unspecified atom stereocenters. The Kier molecular flexibility index (Phi) is 3.37. The highest BCUT2D eigenvalue weighted by atomic mass is 79.9. The molecule has 14 heavy (non-hydrogen) atoms. The molecule has 0 N–H and O–H groups in total. The summed E-state index contributed by atoms with van der Waals surface area (Å²) in [5.41, 5.74) is 0.871. The smallest absolute Gasteiger partial charge is 0.175 e. The van der Waals surface area contributed by atoms with Crippen LogP contribution < -0.4 is 0 Å². The maximum atomic E-state index is 11.5. The van der Waals surface area contributed by atoms with Gasteiger partial charge in [0.1, 0.15) is 0 Å². The molecular weight excluding hydrogens is 264 g/mol. The largest absolute Gasteiger partial charge is 0.224 e. The van der Waals surface area contributed by atoms with E-state index < -0.39 is 9.84 Å². The molecule has 0 bridgehead atoms. The summed E-state index contributed by atoms with van der Waals surface area (Å²) in [6.07, 6.45) is 1.24. The third kappa shape index (κ3) is 2.58. The normalized spacial score (nSPS) is 12.1. The van der Waals surface area contributed by atoms with Gasteiger partial charge in [-0.05, 0) is 23.6 Å². The van der Waals surface area contributed by atoms with E-state index in [2.05, 4.69) is 15.9 Å². The van der Waals surface area contributed by atoms with Crippen molar-refractivity contribution in [2.45, 2.75) is 24.7 Å². The summed E-state index contributed by atoms with van der Waals surface area (Å²) >= 11 is 3.27. The molecule has 0 amide bonds. The Morgan fingerprint density at radius 2 is 1.86 bits per heavy atom. The maximum Gasteiger partial charge on any atom is 0.175 e. The van der Waals surface area contributed by atoms with Crippen molar-refractivity contribution in [2.75, 3.05) is 6.26 Å². The van der Waals surface area contributed by atoms with Crippen LogP contribution in [0.2, 0.25) is 0 Å². The second-order valence-electron chi connectivity index (χ2n) is 3.61. The highest BCUT2D eigenvalue weighted by Crippen LogP contribution is 2.26. The van der Waals surface area contributed by atoms with Gasteiger partial charge in [-0.1, -0.05) is 35.8 Å². The first kappa shape index (κ1) is 11.7. The van der Waals surface area contributed by atoms with E-state index in [1.165, 1.54) is 6.26 Å². The summed E-state index contributed by atoms with van der Waals surface area (Å²) in [4.78, 5) is 0.418. The number of rotatable bonds is 2. The van der Waals surface area contributed by atoms with E-state index in [0.717, 1.165) is 10.0 Å². The van der Waals surface area contributed by atoms with Crippen LogP contribution in [0.4, 0.5) is 0 Å². The number of sulfone groups is 1. The lowest BCUT2D eigenvalue weighted by molar-refractivity contribution is 0.599. The molecular formula is C10H13BrO2S. The van der Waals surface area contributed by atoms with Crippen LogP contribution in [-0.2, 0) is 9.84 Å². The van der Waals surface area contributed by atoms with Gasteiger partial charge in [-0.3, -0.25) is 0 Å². The fourth-order valence-corrected chi connectivity index (χ4v) is 2.89. The Morgan fingerprint density at radius 1 is 1.29 bits per heavy atom. The summed E-state index contributed by atoms with van der Waals surface area (Å²) in [6, 6.07) is 5.37. The standard InChI is InChI=1S/C10H13BrO2S/c1-7(2)9-5-4-8(11)6-10(9)14(3,12)13/h4-7H,1-3H3. The van der Waals surface area contributed by atoms with Crippen LogP contribution in [0, 0.1) is 0 Å². The molecule has 0 spiro atoms. The second kappa shape index (κ2) is 4.03. The Morgan fingerprint density at radius 3 is 2.29 bits per heavy atom. The molecule has 0 fully saturated rings. The van der Waals surface area contributed by atoms with Gasteiger partial charge in [0.15, 0.2) is 9.84 Å². The number of benzene rings is 1. The molecule has 0 saturated heterocycles. The fraction of sp³-hybridized carbons (Fsp3) is 0.400. The van der Waals surface area contributed by atoms with Crippen molar-refractivity contribution in [3.63, 3.8) is 0 Å². The molecule has 1 aromatic rings. The molecule has 0 aliphatic rings. The minimum atomic E-state index is -3.13. The SMILES string of the molecule is CC(C)c1ccc(Br)cc1S(C)(=O)=O. The molecule has 2 nitrogen and oxygen atoms in total. The highest BCUT2D eigenvalue weighted by Gasteiger charge is 2.15. The van der Waals surface area contributed by atoms with E-state index >= 15 is 0 Å². The van der Waals surface area contributed by atoms with Crippen LogP contribution in [0.5, 0.6) is 0 Å². The van der Waals surface area contributed by atoms with Crippen LogP contribution >= 0.6 is 15.9 Å². The van der Waals surface area contributed by atoms with Crippen molar-refractivity contribution in [3.05, 3.63) is 28.2 Å². The minimum Gasteiger partial charge on any atom is -0.224 e. The lowest BCUT2D eigenvalue weighted by Gasteiger charge is -2.11. The molecule has 4 heteroatoms. The van der Waals surface area contributed by atoms with E-state index in [4.69, 9.17) is 0 Å². The van der Waals surface area contributed by atoms with Crippen LogP contribution in [0.1, 0.15) is 25.3 Å². The van der Waals surface area contributed by atoms with Crippen LogP contribution in [-0.4, -0.2) is 14.7 Å². The van der Waals surface area contributed by atoms with Gasteiger partial charge in [-0.15, -0.1) is 0 Å². The average molecular weight is 277 g/mol. The molecule has 0 aliphatic carbocycles. The number of hydrogen-bond acceptors (Lipinski definition) is 2. The third-order valence-electron chi connectivity index (χ3n) is 2.00. The first-order valence-corrected chi connectivity index (χ1v) is 7.00. The van der Waals surface area contributed by atoms with Gasteiger partial charge in [0.25, 0.3) is 0 Å². The van der Waals surface area contributed by atoms with Crippen molar-refractivity contribution in [3.8, 4) is 0 Å². The zero-order valence-corrected chi connectivity index (χ0v) is 10.8. The molecule has 78 valence electrons. The fourth-order valence-electron chi connectivity index (χ4n) is 1.31. The summed E-state index contributed by atoms with van der Waals surface area (Å²) in [5, 5.41) is 0. The molecule has 0 saturated carbocycles. The van der Waals surface area contributed by atoms with Gasteiger partial charge >= 0.3 is 0 Å². The second-order valence-corrected chi connectivity index (χ2v) is 6.51. The number of halogens is 1. The Bertz CT molecular complexity index is 435. The summed E-state index contributed by atoms with van der Waals surface area (Å²) < 4.78 is 23.8. The lowest BCUT2D eigenvalue weighted by Crippen LogP contribution is -2.03. The van der Waals surface area contributed by atoms with Gasteiger partial charge < -0.3 is 0 Å². The summed E-state index contributed by atoms with van der Waals surface area (Å²) in [5.74, 6) is 0.216. The van der Waals surface area contributed by atoms with Crippen LogP contribution in [0.25, 0.3) is 0 Å². The molecule has 0 aromatic heterocycles. The van der Waals surface area contributed by atoms with Crippen LogP contribution in [0.15, 0.2) is 27.6 Å². The first-order chi connectivity index (χ1) is 6.32. The molecule has 0 radical (unpaired) electrons. The minimum absolute atomic E-state index is 0.216. The third-order valence-corrected chi connectivity index (χ3v) is 3.64. The van der Waals surface area contributed by atoms with E-state index in [1.54, 1.807) is 6.07 Å². The molecule has 0 heterocycles. The van der Waals surface area contributed by atoms with Crippen molar-refractivity contribution in [2.24, 2.45) is 0 Å². The zero-order chi connectivity index (χ0) is 10.9. The topological polar surface area (TPSA) is 34.1 Å². The predicted octanol–water partition coefficient (Wildman–Crippen LogP) is 2.98. The van der Waals surface area contributed by atoms with Crippen molar-refractivity contribution in [1.29, 1.82) is 0 Å². The highest BCUT2D eigenvalue weighted by molar-refractivity contribution is 9.10. The van der Waals surface area contributed by atoms with Gasteiger partial charge in [0.2, 0.25) is 0 Å². The summed E-state index contributed by atoms with van der Waals surface area (Å²) in [6.45, 7) is 3.97. The maximum absolute atomic E-state index is 11.5. The molecule has 0 atom stereocenters. The Labute approximate surface area is 93.4 Å². The number of hydrogen-bond donors (Lipinski definition) is 0. The van der Waals surface area contributed by atoms with E-state index in [-0.39, 0.29) is 5.92 Å². The average Bonchev–Trinajstić information content (AvgIpc) is 2.01. The van der Waals surface area contributed by atoms with Crippen LogP contribution in [0.3, 0.4) is 0 Å². The molecule has 1 aromatic carbocycles. The van der Waals surface area contributed by atoms with Gasteiger partial charge in [-0.25, -0.2) is 8.42 Å².